The van der Waals surface area contributed by atoms with Crippen LogP contribution in [0.4, 0.5) is 0 Å². The highest BCUT2D eigenvalue weighted by Crippen LogP contribution is 2.31. The van der Waals surface area contributed by atoms with Gasteiger partial charge in [0.05, 0.1) is 0 Å². The van der Waals surface area contributed by atoms with E-state index in [2.05, 4.69) is 56.0 Å². The largest absolute Gasteiger partial charge is 0.270 e. The van der Waals surface area contributed by atoms with Crippen LogP contribution in [0.2, 0.25) is 4.34 Å². The van der Waals surface area contributed by atoms with E-state index >= 15 is 0 Å². The normalized spacial score (nSPS) is 11.0. The van der Waals surface area contributed by atoms with Gasteiger partial charge in [-0.15, -0.1) is 15.3 Å². The number of rotatable bonds is 5. The van der Waals surface area contributed by atoms with Crippen molar-refractivity contribution >= 4 is 34.9 Å². The van der Waals surface area contributed by atoms with Crippen molar-refractivity contribution in [3.05, 3.63) is 64.4 Å². The van der Waals surface area contributed by atoms with Crippen LogP contribution in [0.1, 0.15) is 11.3 Å². The summed E-state index contributed by atoms with van der Waals surface area (Å²) in [6, 6.07) is 12.1. The Morgan fingerprint density at radius 1 is 1.04 bits per heavy atom. The maximum absolute atomic E-state index is 6.11. The summed E-state index contributed by atoms with van der Waals surface area (Å²) in [5, 5.41) is 13.6. The van der Waals surface area contributed by atoms with Crippen molar-refractivity contribution in [1.82, 2.24) is 29.3 Å². The highest BCUT2D eigenvalue weighted by Gasteiger charge is 2.17. The number of nitrogens with zero attached hydrogens (tertiary/aromatic N) is 6. The molecule has 0 fully saturated rings. The molecule has 3 aromatic heterocycles. The molecule has 1 aromatic carbocycles. The van der Waals surface area contributed by atoms with E-state index in [0.717, 1.165) is 27.9 Å². The first-order chi connectivity index (χ1) is 12.7. The van der Waals surface area contributed by atoms with Gasteiger partial charge in [-0.2, -0.15) is 0 Å². The Morgan fingerprint density at radius 2 is 1.81 bits per heavy atom. The maximum atomic E-state index is 6.11. The van der Waals surface area contributed by atoms with Crippen molar-refractivity contribution in [2.45, 2.75) is 17.8 Å². The lowest BCUT2D eigenvalue weighted by atomic mass is 10.2. The number of aromatic nitrogens is 6. The summed E-state index contributed by atoms with van der Waals surface area (Å²) < 4.78 is 6.51. The number of thioether (sulfide) groups is 1. The average Bonchev–Trinajstić information content (AvgIpc) is 3.27. The van der Waals surface area contributed by atoms with Gasteiger partial charge in [0.15, 0.2) is 11.0 Å². The molecular formula is C17H13ClN6S2. The third kappa shape index (κ3) is 3.48. The molecule has 0 bridgehead atoms. The number of hydrogen-bond acceptors (Lipinski definition) is 7. The summed E-state index contributed by atoms with van der Waals surface area (Å²) >= 11 is 8.82. The second-order valence-corrected chi connectivity index (χ2v) is 7.79. The van der Waals surface area contributed by atoms with E-state index in [1.165, 1.54) is 28.9 Å². The minimum absolute atomic E-state index is 0.579. The fourth-order valence-electron chi connectivity index (χ4n) is 2.39. The molecule has 0 amide bonds. The molecule has 0 saturated carbocycles. The number of hydrogen-bond donors (Lipinski definition) is 0. The van der Waals surface area contributed by atoms with Gasteiger partial charge in [-0.3, -0.25) is 9.55 Å². The second kappa shape index (κ2) is 7.53. The first-order valence-corrected chi connectivity index (χ1v) is 9.88. The average molecular weight is 401 g/mol. The summed E-state index contributed by atoms with van der Waals surface area (Å²) in [7, 11) is 0. The van der Waals surface area contributed by atoms with E-state index in [1.807, 2.05) is 16.7 Å². The van der Waals surface area contributed by atoms with Crippen LogP contribution in [-0.4, -0.2) is 29.3 Å². The summed E-state index contributed by atoms with van der Waals surface area (Å²) in [5.41, 5.74) is 3.90. The molecular weight excluding hydrogens is 388 g/mol. The lowest BCUT2D eigenvalue weighted by Gasteiger charge is -2.10. The predicted octanol–water partition coefficient (Wildman–Crippen LogP) is 4.43. The highest BCUT2D eigenvalue weighted by atomic mass is 35.5. The Morgan fingerprint density at radius 3 is 2.50 bits per heavy atom. The van der Waals surface area contributed by atoms with Gasteiger partial charge in [-0.1, -0.05) is 45.5 Å². The number of benzene rings is 1. The van der Waals surface area contributed by atoms with Crippen LogP contribution in [0.3, 0.4) is 0 Å². The lowest BCUT2D eigenvalue weighted by molar-refractivity contribution is 0.884. The van der Waals surface area contributed by atoms with Crippen LogP contribution in [0.15, 0.2) is 53.9 Å². The Kier molecular flexibility index (Phi) is 4.96. The van der Waals surface area contributed by atoms with Crippen LogP contribution < -0.4 is 0 Å². The van der Waals surface area contributed by atoms with E-state index in [0.29, 0.717) is 10.1 Å². The summed E-state index contributed by atoms with van der Waals surface area (Å²) in [5.74, 6) is 1.34. The van der Waals surface area contributed by atoms with E-state index in [9.17, 15) is 0 Å². The Bertz CT molecular complexity index is 1010. The Hall–Kier alpha value is -2.29. The van der Waals surface area contributed by atoms with E-state index < -0.39 is 0 Å². The number of aryl methyl sites for hydroxylation is 1. The van der Waals surface area contributed by atoms with Gasteiger partial charge in [-0.25, -0.2) is 0 Å². The zero-order valence-corrected chi connectivity index (χ0v) is 16.1. The highest BCUT2D eigenvalue weighted by molar-refractivity contribution is 7.98. The fraction of sp³-hybridized carbons (Fsp3) is 0.118. The molecule has 4 rings (SSSR count). The van der Waals surface area contributed by atoms with Gasteiger partial charge < -0.3 is 0 Å². The molecule has 0 spiro atoms. The molecule has 0 unspecified atom stereocenters. The first kappa shape index (κ1) is 17.1. The van der Waals surface area contributed by atoms with Crippen molar-refractivity contribution in [2.24, 2.45) is 0 Å². The van der Waals surface area contributed by atoms with Crippen molar-refractivity contribution < 1.29 is 0 Å². The van der Waals surface area contributed by atoms with Crippen molar-refractivity contribution in [2.75, 3.05) is 0 Å². The lowest BCUT2D eigenvalue weighted by Crippen LogP contribution is -2.00. The molecule has 0 saturated heterocycles. The van der Waals surface area contributed by atoms with Gasteiger partial charge >= 0.3 is 0 Å². The summed E-state index contributed by atoms with van der Waals surface area (Å²) in [6.07, 6.45) is 3.49. The van der Waals surface area contributed by atoms with Crippen molar-refractivity contribution in [3.8, 4) is 17.1 Å². The molecule has 3 heterocycles. The number of pyridine rings is 1. The molecule has 9 heteroatoms. The van der Waals surface area contributed by atoms with Crippen molar-refractivity contribution in [1.29, 1.82) is 0 Å². The van der Waals surface area contributed by atoms with Crippen molar-refractivity contribution in [3.63, 3.8) is 0 Å². The molecule has 0 aliphatic rings. The Labute approximate surface area is 163 Å². The van der Waals surface area contributed by atoms with E-state index in [4.69, 9.17) is 11.6 Å². The zero-order valence-electron chi connectivity index (χ0n) is 13.7. The van der Waals surface area contributed by atoms with Gasteiger partial charge in [0, 0.05) is 40.9 Å². The van der Waals surface area contributed by atoms with Gasteiger partial charge in [0.2, 0.25) is 0 Å². The zero-order chi connectivity index (χ0) is 17.9. The third-order valence-corrected chi connectivity index (χ3v) is 5.64. The summed E-state index contributed by atoms with van der Waals surface area (Å²) in [6.45, 7) is 2.06. The van der Waals surface area contributed by atoms with Crippen LogP contribution in [0, 0.1) is 6.92 Å². The molecule has 130 valence electrons. The van der Waals surface area contributed by atoms with Crippen LogP contribution >= 0.6 is 34.9 Å². The minimum Gasteiger partial charge on any atom is -0.270 e. The number of halogens is 1. The van der Waals surface area contributed by atoms with Crippen LogP contribution in [-0.2, 0) is 5.75 Å². The second-order valence-electron chi connectivity index (χ2n) is 5.50. The smallest absolute Gasteiger partial charge is 0.196 e. The summed E-state index contributed by atoms with van der Waals surface area (Å²) in [4.78, 5) is 4.08. The van der Waals surface area contributed by atoms with E-state index in [1.54, 1.807) is 12.4 Å². The minimum atomic E-state index is 0.579. The monoisotopic (exact) mass is 400 g/mol. The Balaban J connectivity index is 1.75. The topological polar surface area (TPSA) is 69.4 Å². The molecule has 0 aliphatic carbocycles. The molecule has 0 radical (unpaired) electrons. The van der Waals surface area contributed by atoms with Crippen LogP contribution in [0.25, 0.3) is 17.1 Å². The molecule has 0 N–H and O–H groups in total. The van der Waals surface area contributed by atoms with Gasteiger partial charge in [-0.05, 0) is 31.2 Å². The molecule has 0 atom stereocenters. The van der Waals surface area contributed by atoms with E-state index in [-0.39, 0.29) is 0 Å². The van der Waals surface area contributed by atoms with Crippen LogP contribution in [0.5, 0.6) is 0 Å². The fourth-order valence-corrected chi connectivity index (χ4v) is 4.08. The van der Waals surface area contributed by atoms with Gasteiger partial charge in [0.25, 0.3) is 0 Å². The SMILES string of the molecule is Cc1ccc(-n2c(SCc3nnsc3Cl)nnc2-c2ccncc2)cc1. The first-order valence-electron chi connectivity index (χ1n) is 7.75. The third-order valence-electron chi connectivity index (χ3n) is 3.71. The standard InChI is InChI=1S/C17H13ClN6S2/c1-11-2-4-13(5-3-11)24-16(12-6-8-19-9-7-12)21-22-17(24)25-10-14-15(18)26-23-20-14/h2-9H,10H2,1H3. The maximum Gasteiger partial charge on any atom is 0.196 e. The molecule has 4 aromatic rings. The predicted molar refractivity (Wildman–Crippen MR) is 104 cm³/mol. The molecule has 26 heavy (non-hydrogen) atoms. The molecule has 6 nitrogen and oxygen atoms in total. The quantitative estimate of drug-likeness (QED) is 0.461. The van der Waals surface area contributed by atoms with Gasteiger partial charge in [0.1, 0.15) is 10.0 Å². The molecule has 0 aliphatic heterocycles.